The highest BCUT2D eigenvalue weighted by Crippen LogP contribution is 2.22. The minimum Gasteiger partial charge on any atom is -0.388 e. The monoisotopic (exact) mass is 280 g/mol. The number of halogens is 2. The van der Waals surface area contributed by atoms with Crippen molar-refractivity contribution in [1.29, 1.82) is 0 Å². The molecule has 0 saturated heterocycles. The Labute approximate surface area is 115 Å². The van der Waals surface area contributed by atoms with E-state index < -0.39 is 17.7 Å². The molecule has 100 valence electrons. The fourth-order valence-electron chi connectivity index (χ4n) is 1.90. The van der Waals surface area contributed by atoms with E-state index in [1.807, 2.05) is 30.5 Å². The topological polar surface area (TPSA) is 20.2 Å². The van der Waals surface area contributed by atoms with Crippen LogP contribution in [0.5, 0.6) is 0 Å². The summed E-state index contributed by atoms with van der Waals surface area (Å²) in [7, 11) is 0. The van der Waals surface area contributed by atoms with Crippen LogP contribution in [0.2, 0.25) is 0 Å². The summed E-state index contributed by atoms with van der Waals surface area (Å²) >= 11 is 1.62. The number of hydrogen-bond donors (Lipinski definition) is 1. The zero-order valence-electron chi connectivity index (χ0n) is 10.4. The fourth-order valence-corrected chi connectivity index (χ4v) is 2.30. The molecule has 0 saturated carbocycles. The van der Waals surface area contributed by atoms with Crippen molar-refractivity contribution in [2.75, 3.05) is 6.26 Å². The molecule has 0 aromatic heterocycles. The highest BCUT2D eigenvalue weighted by Gasteiger charge is 2.10. The van der Waals surface area contributed by atoms with Crippen LogP contribution >= 0.6 is 11.8 Å². The van der Waals surface area contributed by atoms with Gasteiger partial charge in [-0.2, -0.15) is 0 Å². The van der Waals surface area contributed by atoms with E-state index in [-0.39, 0.29) is 6.42 Å². The standard InChI is InChI=1S/C15H14F2OS/c1-19-14-4-2-11(3-5-14)15(18)8-10-6-12(16)9-13(17)7-10/h2-7,9,15,18H,8H2,1H3. The van der Waals surface area contributed by atoms with Crippen LogP contribution in [0, 0.1) is 11.6 Å². The van der Waals surface area contributed by atoms with Gasteiger partial charge in [0.15, 0.2) is 0 Å². The van der Waals surface area contributed by atoms with Crippen molar-refractivity contribution in [2.24, 2.45) is 0 Å². The number of rotatable bonds is 4. The van der Waals surface area contributed by atoms with Crippen molar-refractivity contribution >= 4 is 11.8 Å². The first-order chi connectivity index (χ1) is 9.08. The number of hydrogen-bond acceptors (Lipinski definition) is 2. The molecule has 0 radical (unpaired) electrons. The van der Waals surface area contributed by atoms with Crippen molar-refractivity contribution in [3.63, 3.8) is 0 Å². The Balaban J connectivity index is 2.13. The predicted molar refractivity (Wildman–Crippen MR) is 73.2 cm³/mol. The van der Waals surface area contributed by atoms with Gasteiger partial charge in [-0.3, -0.25) is 0 Å². The molecule has 1 N–H and O–H groups in total. The van der Waals surface area contributed by atoms with E-state index in [2.05, 4.69) is 0 Å². The highest BCUT2D eigenvalue weighted by atomic mass is 32.2. The normalized spacial score (nSPS) is 12.4. The molecule has 1 atom stereocenters. The summed E-state index contributed by atoms with van der Waals surface area (Å²) in [5, 5.41) is 10.1. The molecule has 4 heteroatoms. The molecular weight excluding hydrogens is 266 g/mol. The van der Waals surface area contributed by atoms with Crippen LogP contribution in [-0.2, 0) is 6.42 Å². The summed E-state index contributed by atoms with van der Waals surface area (Å²) < 4.78 is 26.1. The molecule has 0 spiro atoms. The molecule has 1 nitrogen and oxygen atoms in total. The molecule has 0 bridgehead atoms. The molecule has 2 aromatic carbocycles. The third kappa shape index (κ3) is 3.78. The van der Waals surface area contributed by atoms with Gasteiger partial charge in [0.1, 0.15) is 11.6 Å². The average Bonchev–Trinajstić information content (AvgIpc) is 2.37. The molecule has 0 aliphatic rings. The van der Waals surface area contributed by atoms with Gasteiger partial charge in [0.2, 0.25) is 0 Å². The summed E-state index contributed by atoms with van der Waals surface area (Å²) in [4.78, 5) is 1.10. The van der Waals surface area contributed by atoms with Crippen molar-refractivity contribution in [2.45, 2.75) is 17.4 Å². The second kappa shape index (κ2) is 6.17. The number of thioether (sulfide) groups is 1. The van der Waals surface area contributed by atoms with E-state index in [0.717, 1.165) is 16.5 Å². The molecule has 0 amide bonds. The fraction of sp³-hybridized carbons (Fsp3) is 0.200. The lowest BCUT2D eigenvalue weighted by Crippen LogP contribution is -2.02. The van der Waals surface area contributed by atoms with Gasteiger partial charge >= 0.3 is 0 Å². The van der Waals surface area contributed by atoms with Gasteiger partial charge < -0.3 is 5.11 Å². The maximum atomic E-state index is 13.1. The van der Waals surface area contributed by atoms with E-state index in [9.17, 15) is 13.9 Å². The van der Waals surface area contributed by atoms with Gasteiger partial charge in [-0.05, 0) is 41.6 Å². The molecule has 19 heavy (non-hydrogen) atoms. The summed E-state index contributed by atoms with van der Waals surface area (Å²) in [6, 6.07) is 10.8. The van der Waals surface area contributed by atoms with Crippen LogP contribution in [0.4, 0.5) is 8.78 Å². The SMILES string of the molecule is CSc1ccc(C(O)Cc2cc(F)cc(F)c2)cc1. The van der Waals surface area contributed by atoms with E-state index in [4.69, 9.17) is 0 Å². The van der Waals surface area contributed by atoms with E-state index in [1.165, 1.54) is 12.1 Å². The van der Waals surface area contributed by atoms with Crippen molar-refractivity contribution in [3.05, 3.63) is 65.2 Å². The van der Waals surface area contributed by atoms with Crippen LogP contribution < -0.4 is 0 Å². The Morgan fingerprint density at radius 1 is 1.05 bits per heavy atom. The lowest BCUT2D eigenvalue weighted by molar-refractivity contribution is 0.178. The second-order valence-electron chi connectivity index (χ2n) is 4.27. The molecular formula is C15H14F2OS. The largest absolute Gasteiger partial charge is 0.388 e. The summed E-state index contributed by atoms with van der Waals surface area (Å²) in [5.74, 6) is -1.25. The molecule has 0 heterocycles. The zero-order chi connectivity index (χ0) is 13.8. The first kappa shape index (κ1) is 14.0. The minimum atomic E-state index is -0.767. The van der Waals surface area contributed by atoms with E-state index in [0.29, 0.717) is 5.56 Å². The summed E-state index contributed by atoms with van der Waals surface area (Å²) in [6.45, 7) is 0. The van der Waals surface area contributed by atoms with Crippen LogP contribution in [-0.4, -0.2) is 11.4 Å². The van der Waals surface area contributed by atoms with Crippen molar-refractivity contribution in [3.8, 4) is 0 Å². The molecule has 1 unspecified atom stereocenters. The number of benzene rings is 2. The van der Waals surface area contributed by atoms with Gasteiger partial charge in [-0.15, -0.1) is 11.8 Å². The first-order valence-electron chi connectivity index (χ1n) is 5.85. The van der Waals surface area contributed by atoms with Gasteiger partial charge in [-0.25, -0.2) is 8.78 Å². The number of aliphatic hydroxyl groups excluding tert-OH is 1. The van der Waals surface area contributed by atoms with Crippen LogP contribution in [0.15, 0.2) is 47.4 Å². The first-order valence-corrected chi connectivity index (χ1v) is 7.08. The smallest absolute Gasteiger partial charge is 0.126 e. The molecule has 0 fully saturated rings. The molecule has 2 aromatic rings. The third-order valence-electron chi connectivity index (χ3n) is 2.85. The maximum Gasteiger partial charge on any atom is 0.126 e. The Hall–Kier alpha value is -1.39. The highest BCUT2D eigenvalue weighted by molar-refractivity contribution is 7.98. The summed E-state index contributed by atoms with van der Waals surface area (Å²) in [6.07, 6.45) is 1.39. The second-order valence-corrected chi connectivity index (χ2v) is 5.15. The lowest BCUT2D eigenvalue weighted by Gasteiger charge is -2.12. The summed E-state index contributed by atoms with van der Waals surface area (Å²) in [5.41, 5.74) is 1.18. The van der Waals surface area contributed by atoms with Crippen LogP contribution in [0.25, 0.3) is 0 Å². The molecule has 0 aliphatic heterocycles. The Morgan fingerprint density at radius 2 is 1.63 bits per heavy atom. The van der Waals surface area contributed by atoms with E-state index in [1.54, 1.807) is 11.8 Å². The number of aliphatic hydroxyl groups is 1. The zero-order valence-corrected chi connectivity index (χ0v) is 11.3. The molecule has 2 rings (SSSR count). The Morgan fingerprint density at radius 3 is 2.16 bits per heavy atom. The quantitative estimate of drug-likeness (QED) is 0.855. The maximum absolute atomic E-state index is 13.1. The average molecular weight is 280 g/mol. The van der Waals surface area contributed by atoms with Crippen LogP contribution in [0.1, 0.15) is 17.2 Å². The third-order valence-corrected chi connectivity index (χ3v) is 3.60. The minimum absolute atomic E-state index is 0.188. The van der Waals surface area contributed by atoms with Crippen LogP contribution in [0.3, 0.4) is 0 Å². The van der Waals surface area contributed by atoms with Gasteiger partial charge in [-0.1, -0.05) is 12.1 Å². The Kier molecular flexibility index (Phi) is 4.56. The lowest BCUT2D eigenvalue weighted by atomic mass is 10.0. The van der Waals surface area contributed by atoms with Gasteiger partial charge in [0, 0.05) is 17.4 Å². The Bertz CT molecular complexity index is 534. The van der Waals surface area contributed by atoms with Crippen molar-refractivity contribution in [1.82, 2.24) is 0 Å². The van der Waals surface area contributed by atoms with Crippen molar-refractivity contribution < 1.29 is 13.9 Å². The predicted octanol–water partition coefficient (Wildman–Crippen LogP) is 3.96. The van der Waals surface area contributed by atoms with Gasteiger partial charge in [0.05, 0.1) is 6.10 Å². The van der Waals surface area contributed by atoms with E-state index >= 15 is 0 Å². The van der Waals surface area contributed by atoms with Gasteiger partial charge in [0.25, 0.3) is 0 Å². The molecule has 0 aliphatic carbocycles.